The number of hydrogen-bond donors (Lipinski definition) is 1. The second-order valence-electron chi connectivity index (χ2n) is 4.20. The maximum absolute atomic E-state index is 11.2. The summed E-state index contributed by atoms with van der Waals surface area (Å²) in [5.74, 6) is 0.371. The maximum Gasteiger partial charge on any atom is 0.514 e. The summed E-state index contributed by atoms with van der Waals surface area (Å²) in [6.07, 6.45) is 1.06. The molecule has 0 atom stereocenters. The van der Waals surface area contributed by atoms with Gasteiger partial charge in [0.2, 0.25) is 5.88 Å². The number of carbonyl (C=O) groups is 1. The van der Waals surface area contributed by atoms with E-state index in [0.29, 0.717) is 5.88 Å². The molecule has 0 fully saturated rings. The third-order valence-corrected chi connectivity index (χ3v) is 2.70. The third kappa shape index (κ3) is 2.70. The standard InChI is InChI=1S/C14H16N2O3/c1-16(2)12-11(10-7-5-4-6-8-10)9-15-13(12)19-14(17)18-3/h4-9,15H,1-3H3. The zero-order valence-corrected chi connectivity index (χ0v) is 11.1. The molecule has 1 aromatic carbocycles. The van der Waals surface area contributed by atoms with Gasteiger partial charge in [0.25, 0.3) is 0 Å². The average molecular weight is 260 g/mol. The lowest BCUT2D eigenvalue weighted by molar-refractivity contribution is 0.120. The fourth-order valence-corrected chi connectivity index (χ4v) is 1.88. The minimum Gasteiger partial charge on any atom is -0.437 e. The van der Waals surface area contributed by atoms with Crippen molar-refractivity contribution in [2.24, 2.45) is 0 Å². The number of nitrogens with zero attached hydrogens (tertiary/aromatic N) is 1. The molecule has 5 heteroatoms. The second-order valence-corrected chi connectivity index (χ2v) is 4.20. The second kappa shape index (κ2) is 5.48. The summed E-state index contributed by atoms with van der Waals surface area (Å²) in [4.78, 5) is 16.1. The molecule has 100 valence electrons. The number of H-pyrrole nitrogens is 1. The van der Waals surface area contributed by atoms with Gasteiger partial charge >= 0.3 is 6.16 Å². The summed E-state index contributed by atoms with van der Waals surface area (Å²) >= 11 is 0. The van der Waals surface area contributed by atoms with Crippen molar-refractivity contribution in [2.45, 2.75) is 0 Å². The van der Waals surface area contributed by atoms with E-state index in [1.54, 1.807) is 0 Å². The molecule has 0 amide bonds. The lowest BCUT2D eigenvalue weighted by Crippen LogP contribution is -2.13. The minimum absolute atomic E-state index is 0.371. The molecule has 2 aromatic rings. The van der Waals surface area contributed by atoms with Crippen molar-refractivity contribution in [3.8, 4) is 17.0 Å². The number of aromatic amines is 1. The molecule has 1 N–H and O–H groups in total. The van der Waals surface area contributed by atoms with E-state index in [-0.39, 0.29) is 0 Å². The van der Waals surface area contributed by atoms with Crippen LogP contribution in [-0.4, -0.2) is 32.3 Å². The van der Waals surface area contributed by atoms with Crippen molar-refractivity contribution in [1.82, 2.24) is 4.98 Å². The number of nitrogens with one attached hydrogen (secondary N) is 1. The Kier molecular flexibility index (Phi) is 3.75. The van der Waals surface area contributed by atoms with E-state index in [1.165, 1.54) is 7.11 Å². The Hall–Kier alpha value is -2.43. The van der Waals surface area contributed by atoms with Crippen molar-refractivity contribution in [3.05, 3.63) is 36.5 Å². The zero-order valence-electron chi connectivity index (χ0n) is 11.1. The number of carbonyl (C=O) groups excluding carboxylic acids is 1. The smallest absolute Gasteiger partial charge is 0.437 e. The molecular weight excluding hydrogens is 244 g/mol. The Morgan fingerprint density at radius 2 is 1.89 bits per heavy atom. The quantitative estimate of drug-likeness (QED) is 0.862. The molecule has 0 aliphatic heterocycles. The van der Waals surface area contributed by atoms with Gasteiger partial charge in [0.15, 0.2) is 0 Å². The summed E-state index contributed by atoms with van der Waals surface area (Å²) in [7, 11) is 5.05. The van der Waals surface area contributed by atoms with E-state index in [2.05, 4.69) is 9.72 Å². The molecule has 0 saturated heterocycles. The summed E-state index contributed by atoms with van der Waals surface area (Å²) in [6.45, 7) is 0. The van der Waals surface area contributed by atoms with Crippen molar-refractivity contribution in [1.29, 1.82) is 0 Å². The number of rotatable bonds is 3. The summed E-state index contributed by atoms with van der Waals surface area (Å²) < 4.78 is 9.60. The number of methoxy groups -OCH3 is 1. The number of hydrogen-bond acceptors (Lipinski definition) is 4. The summed E-state index contributed by atoms with van der Waals surface area (Å²) in [6, 6.07) is 9.87. The Balaban J connectivity index is 2.43. The van der Waals surface area contributed by atoms with Crippen LogP contribution in [0.5, 0.6) is 5.88 Å². The number of anilines is 1. The zero-order chi connectivity index (χ0) is 13.8. The lowest BCUT2D eigenvalue weighted by Gasteiger charge is -2.15. The Labute approximate surface area is 111 Å². The molecule has 19 heavy (non-hydrogen) atoms. The summed E-state index contributed by atoms with van der Waals surface area (Å²) in [5.41, 5.74) is 2.81. The highest BCUT2D eigenvalue weighted by molar-refractivity contribution is 5.83. The molecule has 5 nitrogen and oxygen atoms in total. The van der Waals surface area contributed by atoms with Crippen molar-refractivity contribution in [3.63, 3.8) is 0 Å². The van der Waals surface area contributed by atoms with Crippen LogP contribution < -0.4 is 9.64 Å². The van der Waals surface area contributed by atoms with Gasteiger partial charge in [-0.15, -0.1) is 0 Å². The van der Waals surface area contributed by atoms with Crippen LogP contribution in [0.15, 0.2) is 36.5 Å². The monoisotopic (exact) mass is 260 g/mol. The topological polar surface area (TPSA) is 54.6 Å². The number of ether oxygens (including phenoxy) is 2. The first kappa shape index (κ1) is 13.0. The Morgan fingerprint density at radius 1 is 1.21 bits per heavy atom. The minimum atomic E-state index is -0.746. The van der Waals surface area contributed by atoms with E-state index < -0.39 is 6.16 Å². The van der Waals surface area contributed by atoms with Gasteiger partial charge in [-0.25, -0.2) is 4.79 Å². The van der Waals surface area contributed by atoms with Crippen LogP contribution in [0.1, 0.15) is 0 Å². The normalized spacial score (nSPS) is 10.1. The molecule has 2 rings (SSSR count). The highest BCUT2D eigenvalue weighted by Gasteiger charge is 2.18. The van der Waals surface area contributed by atoms with Gasteiger partial charge in [-0.1, -0.05) is 30.3 Å². The van der Waals surface area contributed by atoms with Crippen LogP contribution in [0.4, 0.5) is 10.5 Å². The maximum atomic E-state index is 11.2. The van der Waals surface area contributed by atoms with Crippen LogP contribution in [0.3, 0.4) is 0 Å². The first-order valence-corrected chi connectivity index (χ1v) is 5.83. The fraction of sp³-hybridized carbons (Fsp3) is 0.214. The van der Waals surface area contributed by atoms with Gasteiger partial charge < -0.3 is 19.4 Å². The summed E-state index contributed by atoms with van der Waals surface area (Å²) in [5, 5.41) is 0. The first-order valence-electron chi connectivity index (χ1n) is 5.83. The first-order chi connectivity index (χ1) is 9.13. The molecule has 0 aliphatic carbocycles. The number of benzene rings is 1. The highest BCUT2D eigenvalue weighted by atomic mass is 16.7. The fourth-order valence-electron chi connectivity index (χ4n) is 1.88. The van der Waals surface area contributed by atoms with Crippen LogP contribution in [0, 0.1) is 0 Å². The number of aromatic nitrogens is 1. The van der Waals surface area contributed by atoms with Crippen LogP contribution in [-0.2, 0) is 4.74 Å². The van der Waals surface area contributed by atoms with Gasteiger partial charge in [0, 0.05) is 25.9 Å². The highest BCUT2D eigenvalue weighted by Crippen LogP contribution is 2.37. The molecule has 0 radical (unpaired) electrons. The van der Waals surface area contributed by atoms with Crippen LogP contribution in [0.25, 0.3) is 11.1 Å². The molecule has 1 aromatic heterocycles. The van der Waals surface area contributed by atoms with Crippen LogP contribution in [0.2, 0.25) is 0 Å². The van der Waals surface area contributed by atoms with Crippen molar-refractivity contribution >= 4 is 11.8 Å². The van der Waals surface area contributed by atoms with Crippen molar-refractivity contribution < 1.29 is 14.3 Å². The van der Waals surface area contributed by atoms with E-state index in [4.69, 9.17) is 4.74 Å². The van der Waals surface area contributed by atoms with E-state index >= 15 is 0 Å². The predicted octanol–water partition coefficient (Wildman–Crippen LogP) is 2.89. The molecule has 0 bridgehead atoms. The largest absolute Gasteiger partial charge is 0.514 e. The Morgan fingerprint density at radius 3 is 2.47 bits per heavy atom. The molecule has 0 unspecified atom stereocenters. The van der Waals surface area contributed by atoms with E-state index in [0.717, 1.165) is 16.8 Å². The predicted molar refractivity (Wildman–Crippen MR) is 73.6 cm³/mol. The SMILES string of the molecule is COC(=O)Oc1[nH]cc(-c2ccccc2)c1N(C)C. The van der Waals surface area contributed by atoms with Crippen molar-refractivity contribution in [2.75, 3.05) is 26.1 Å². The van der Waals surface area contributed by atoms with Gasteiger partial charge in [-0.05, 0) is 5.56 Å². The lowest BCUT2D eigenvalue weighted by atomic mass is 10.1. The van der Waals surface area contributed by atoms with Crippen LogP contribution >= 0.6 is 0 Å². The van der Waals surface area contributed by atoms with E-state index in [9.17, 15) is 4.79 Å². The van der Waals surface area contributed by atoms with Gasteiger partial charge in [-0.3, -0.25) is 0 Å². The van der Waals surface area contributed by atoms with Gasteiger partial charge in [-0.2, -0.15) is 0 Å². The molecule has 0 aliphatic rings. The molecule has 1 heterocycles. The Bertz CT molecular complexity index is 561. The average Bonchev–Trinajstić information content (AvgIpc) is 2.83. The van der Waals surface area contributed by atoms with E-state index in [1.807, 2.05) is 55.5 Å². The van der Waals surface area contributed by atoms with Gasteiger partial charge in [0.1, 0.15) is 5.69 Å². The molecule has 0 spiro atoms. The van der Waals surface area contributed by atoms with Gasteiger partial charge in [0.05, 0.1) is 7.11 Å². The third-order valence-electron chi connectivity index (χ3n) is 2.70. The molecule has 0 saturated carbocycles. The molecular formula is C14H16N2O3.